The average Bonchev–Trinajstić information content (AvgIpc) is 3.41. The smallest absolute Gasteiger partial charge is 0.328 e. The summed E-state index contributed by atoms with van der Waals surface area (Å²) >= 11 is 0. The van der Waals surface area contributed by atoms with Crippen LogP contribution in [-0.4, -0.2) is 49.0 Å². The van der Waals surface area contributed by atoms with Crippen LogP contribution in [0.3, 0.4) is 0 Å². The molecule has 31 heavy (non-hydrogen) atoms. The zero-order valence-corrected chi connectivity index (χ0v) is 17.3. The van der Waals surface area contributed by atoms with Crippen LogP contribution < -0.4 is 10.6 Å². The number of nitrogens with zero attached hydrogens (tertiary/aromatic N) is 4. The van der Waals surface area contributed by atoms with Crippen molar-refractivity contribution < 1.29 is 19.5 Å². The maximum atomic E-state index is 12.8. The van der Waals surface area contributed by atoms with Crippen molar-refractivity contribution in [3.63, 3.8) is 0 Å². The molecule has 0 bridgehead atoms. The highest BCUT2D eigenvalue weighted by atomic mass is 16.4. The van der Waals surface area contributed by atoms with Crippen molar-refractivity contribution in [2.45, 2.75) is 32.9 Å². The van der Waals surface area contributed by atoms with Gasteiger partial charge in [0.15, 0.2) is 5.69 Å². The molecule has 10 nitrogen and oxygen atoms in total. The first-order valence-electron chi connectivity index (χ1n) is 9.88. The number of anilines is 1. The summed E-state index contributed by atoms with van der Waals surface area (Å²) in [6.07, 6.45) is 3.57. The van der Waals surface area contributed by atoms with Gasteiger partial charge in [-0.15, -0.1) is 0 Å². The zero-order chi connectivity index (χ0) is 22.4. The minimum Gasteiger partial charge on any atom is -0.480 e. The lowest BCUT2D eigenvalue weighted by atomic mass is 10.1. The van der Waals surface area contributed by atoms with Crippen LogP contribution >= 0.6 is 0 Å². The summed E-state index contributed by atoms with van der Waals surface area (Å²) in [5.74, 6) is -2.11. The fourth-order valence-electron chi connectivity index (χ4n) is 2.98. The van der Waals surface area contributed by atoms with Crippen molar-refractivity contribution in [3.8, 4) is 0 Å². The maximum absolute atomic E-state index is 12.8. The van der Waals surface area contributed by atoms with Crippen molar-refractivity contribution in [1.29, 1.82) is 0 Å². The molecule has 0 aliphatic heterocycles. The summed E-state index contributed by atoms with van der Waals surface area (Å²) in [5, 5.41) is 22.8. The summed E-state index contributed by atoms with van der Waals surface area (Å²) < 4.78 is 2.65. The topological polar surface area (TPSA) is 131 Å². The Hall–Kier alpha value is -3.95. The molecule has 0 aliphatic rings. The second kappa shape index (κ2) is 9.70. The fraction of sp³-hybridized carbons (Fsp3) is 0.286. The number of benzene rings is 1. The Morgan fingerprint density at radius 1 is 1.13 bits per heavy atom. The normalized spacial score (nSPS) is 11.7. The van der Waals surface area contributed by atoms with E-state index in [1.165, 1.54) is 19.2 Å². The molecule has 2 aromatic heterocycles. The molecule has 1 aromatic carbocycles. The number of carbonyl (C=O) groups is 3. The van der Waals surface area contributed by atoms with Crippen molar-refractivity contribution in [3.05, 3.63) is 65.7 Å². The van der Waals surface area contributed by atoms with Gasteiger partial charge >= 0.3 is 5.97 Å². The maximum Gasteiger partial charge on any atom is 0.328 e. The molecular weight excluding hydrogens is 400 g/mol. The lowest BCUT2D eigenvalue weighted by Gasteiger charge is -2.11. The first-order chi connectivity index (χ1) is 14.9. The quantitative estimate of drug-likeness (QED) is 0.481. The van der Waals surface area contributed by atoms with Gasteiger partial charge in [0.05, 0.1) is 5.69 Å². The summed E-state index contributed by atoms with van der Waals surface area (Å²) in [7, 11) is 0. The van der Waals surface area contributed by atoms with Crippen molar-refractivity contribution >= 4 is 23.5 Å². The molecule has 0 fully saturated rings. The number of carboxylic acids is 1. The van der Waals surface area contributed by atoms with E-state index in [4.69, 9.17) is 0 Å². The molecule has 3 N–H and O–H groups in total. The van der Waals surface area contributed by atoms with Gasteiger partial charge in [-0.2, -0.15) is 10.2 Å². The first kappa shape index (κ1) is 21.8. The number of aliphatic carboxylic acids is 1. The van der Waals surface area contributed by atoms with E-state index in [2.05, 4.69) is 20.8 Å². The molecule has 3 aromatic rings. The lowest BCUT2D eigenvalue weighted by Crippen LogP contribution is -2.28. The number of aromatic nitrogens is 4. The average molecular weight is 424 g/mol. The number of carbonyl (C=O) groups excluding carboxylic acids is 2. The molecular formula is C21H24N6O4. The van der Waals surface area contributed by atoms with E-state index in [1.54, 1.807) is 10.9 Å². The Balaban J connectivity index is 1.73. The Kier molecular flexibility index (Phi) is 6.81. The second-order valence-corrected chi connectivity index (χ2v) is 6.87. The van der Waals surface area contributed by atoms with Crippen LogP contribution in [0.2, 0.25) is 0 Å². The monoisotopic (exact) mass is 424 g/mol. The van der Waals surface area contributed by atoms with Gasteiger partial charge in [0.25, 0.3) is 11.8 Å². The predicted molar refractivity (Wildman–Crippen MR) is 113 cm³/mol. The van der Waals surface area contributed by atoms with Gasteiger partial charge in [0.2, 0.25) is 0 Å². The molecule has 3 rings (SSSR count). The van der Waals surface area contributed by atoms with E-state index < -0.39 is 23.8 Å². The van der Waals surface area contributed by atoms with Crippen LogP contribution in [0.15, 0.2) is 48.8 Å². The van der Waals surface area contributed by atoms with Gasteiger partial charge in [-0.25, -0.2) is 9.48 Å². The second-order valence-electron chi connectivity index (χ2n) is 6.87. The number of nitrogens with one attached hydrogen (secondary N) is 2. The lowest BCUT2D eigenvalue weighted by molar-refractivity contribution is -0.140. The van der Waals surface area contributed by atoms with Gasteiger partial charge in [-0.1, -0.05) is 30.3 Å². The van der Waals surface area contributed by atoms with Crippen LogP contribution in [0.25, 0.3) is 0 Å². The third-order valence-electron chi connectivity index (χ3n) is 4.72. The van der Waals surface area contributed by atoms with Gasteiger partial charge in [-0.05, 0) is 31.9 Å². The van der Waals surface area contributed by atoms with Crippen LogP contribution in [-0.2, 0) is 17.8 Å². The number of aryl methyl sites for hydroxylation is 1. The summed E-state index contributed by atoms with van der Waals surface area (Å²) in [5.41, 5.74) is 1.48. The van der Waals surface area contributed by atoms with E-state index >= 15 is 0 Å². The molecule has 0 radical (unpaired) electrons. The molecule has 1 atom stereocenters. The standard InChI is InChI=1S/C21H24N6O4/c1-3-26-13-16(24-19(28)17-10-12-23-27(17)14(2)21(30)31)18(25-26)20(29)22-11-9-15-7-5-4-6-8-15/h4-8,10,12-14H,3,9,11H2,1-2H3,(H,22,29)(H,24,28)(H,30,31). The van der Waals surface area contributed by atoms with Crippen molar-refractivity contribution in [2.24, 2.45) is 0 Å². The minimum atomic E-state index is -1.12. The third kappa shape index (κ3) is 5.16. The number of amides is 2. The zero-order valence-electron chi connectivity index (χ0n) is 17.3. The highest BCUT2D eigenvalue weighted by Gasteiger charge is 2.24. The van der Waals surface area contributed by atoms with Crippen LogP contribution in [0.4, 0.5) is 5.69 Å². The van der Waals surface area contributed by atoms with Crippen LogP contribution in [0.5, 0.6) is 0 Å². The van der Waals surface area contributed by atoms with Gasteiger partial charge < -0.3 is 15.7 Å². The van der Waals surface area contributed by atoms with E-state index in [-0.39, 0.29) is 17.1 Å². The Bertz CT molecular complexity index is 1070. The van der Waals surface area contributed by atoms with E-state index in [9.17, 15) is 19.5 Å². The predicted octanol–water partition coefficient (Wildman–Crippen LogP) is 1.97. The Morgan fingerprint density at radius 3 is 2.55 bits per heavy atom. The number of rotatable bonds is 9. The van der Waals surface area contributed by atoms with E-state index in [1.807, 2.05) is 37.3 Å². The first-order valence-corrected chi connectivity index (χ1v) is 9.88. The minimum absolute atomic E-state index is 0.0644. The Labute approximate surface area is 178 Å². The summed E-state index contributed by atoms with van der Waals surface area (Å²) in [4.78, 5) is 36.7. The van der Waals surface area contributed by atoms with Gasteiger partial charge in [0, 0.05) is 25.5 Å². The highest BCUT2D eigenvalue weighted by molar-refractivity contribution is 6.07. The number of carboxylic acid groups (broad SMARTS) is 1. The van der Waals surface area contributed by atoms with E-state index in [0.717, 1.165) is 10.2 Å². The molecule has 0 saturated carbocycles. The van der Waals surface area contributed by atoms with Gasteiger partial charge in [-0.3, -0.25) is 14.3 Å². The van der Waals surface area contributed by atoms with E-state index in [0.29, 0.717) is 19.5 Å². The molecule has 162 valence electrons. The number of hydrogen-bond acceptors (Lipinski definition) is 5. The summed E-state index contributed by atoms with van der Waals surface area (Å²) in [6.45, 7) is 4.21. The molecule has 0 saturated heterocycles. The molecule has 1 unspecified atom stereocenters. The SMILES string of the molecule is CCn1cc(NC(=O)c2ccnn2C(C)C(=O)O)c(C(=O)NCCc2ccccc2)n1. The highest BCUT2D eigenvalue weighted by Crippen LogP contribution is 2.17. The molecule has 2 heterocycles. The summed E-state index contributed by atoms with van der Waals surface area (Å²) in [6, 6.07) is 10.1. The van der Waals surface area contributed by atoms with Crippen LogP contribution in [0, 0.1) is 0 Å². The van der Waals surface area contributed by atoms with Gasteiger partial charge in [0.1, 0.15) is 11.7 Å². The Morgan fingerprint density at radius 2 is 1.87 bits per heavy atom. The third-order valence-corrected chi connectivity index (χ3v) is 4.72. The largest absolute Gasteiger partial charge is 0.480 e. The molecule has 0 aliphatic carbocycles. The molecule has 10 heteroatoms. The fourth-order valence-corrected chi connectivity index (χ4v) is 2.98. The molecule has 2 amide bonds. The van der Waals surface area contributed by atoms with Crippen molar-refractivity contribution in [1.82, 2.24) is 24.9 Å². The number of hydrogen-bond donors (Lipinski definition) is 3. The molecule has 0 spiro atoms. The van der Waals surface area contributed by atoms with Crippen LogP contribution in [0.1, 0.15) is 46.4 Å². The van der Waals surface area contributed by atoms with Crippen molar-refractivity contribution in [2.75, 3.05) is 11.9 Å².